The van der Waals surface area contributed by atoms with Crippen LogP contribution in [0.1, 0.15) is 0 Å². The Morgan fingerprint density at radius 2 is 1.59 bits per heavy atom. The third kappa shape index (κ3) is 7.07. The van der Waals surface area contributed by atoms with Crippen LogP contribution in [0.4, 0.5) is 0 Å². The number of methoxy groups -OCH3 is 2. The minimum atomic E-state index is -4.92. The second kappa shape index (κ2) is 8.93. The highest BCUT2D eigenvalue weighted by Crippen LogP contribution is 2.25. The topological polar surface area (TPSA) is 95.9 Å². The highest BCUT2D eigenvalue weighted by Gasteiger charge is 2.23. The van der Waals surface area contributed by atoms with E-state index in [0.717, 1.165) is 11.5 Å². The van der Waals surface area contributed by atoms with Crippen molar-refractivity contribution >= 4 is 10.4 Å². The number of halogens is 1. The number of benzene rings is 2. The largest absolute Gasteiger partial charge is 0.726 e. The van der Waals surface area contributed by atoms with Gasteiger partial charge in [-0.25, -0.2) is 8.42 Å². The number of ether oxygens (including phenoxy) is 2. The van der Waals surface area contributed by atoms with Crippen molar-refractivity contribution in [2.45, 2.75) is 0 Å². The minimum absolute atomic E-state index is 0.227. The molecule has 120 valence electrons. The Morgan fingerprint density at radius 1 is 1.00 bits per heavy atom. The van der Waals surface area contributed by atoms with Crippen LogP contribution in [0.15, 0.2) is 48.5 Å². The molecule has 2 aromatic rings. The van der Waals surface area contributed by atoms with Crippen molar-refractivity contribution < 1.29 is 48.2 Å². The van der Waals surface area contributed by atoms with E-state index in [1.165, 1.54) is 7.14 Å². The maximum atomic E-state index is 8.63. The standard InChI is InChI=1S/C14H14IO2.H2O4S/c1-16-13-10-6-9-12(14(13)17-2)15-11-7-4-3-5-8-11;1-5(2,3)4/h3-10H,1-2H3;(H2,1,2,3,4)/q+1;/p-1. The molecular weight excluding hydrogens is 423 g/mol. The van der Waals surface area contributed by atoms with Gasteiger partial charge in [-0.1, -0.05) is 24.3 Å². The molecule has 0 radical (unpaired) electrons. The normalized spacial score (nSPS) is 10.4. The van der Waals surface area contributed by atoms with Crippen molar-refractivity contribution in [3.63, 3.8) is 0 Å². The lowest BCUT2D eigenvalue weighted by Gasteiger charge is -2.05. The minimum Gasteiger partial charge on any atom is -0.726 e. The lowest BCUT2D eigenvalue weighted by Crippen LogP contribution is -3.61. The fourth-order valence-electron chi connectivity index (χ4n) is 1.52. The van der Waals surface area contributed by atoms with Gasteiger partial charge in [0.2, 0.25) is 19.7 Å². The summed E-state index contributed by atoms with van der Waals surface area (Å²) >= 11 is -0.227. The number of para-hydroxylation sites is 1. The summed E-state index contributed by atoms with van der Waals surface area (Å²) in [7, 11) is -1.56. The molecule has 2 rings (SSSR count). The van der Waals surface area contributed by atoms with Gasteiger partial charge in [-0.15, -0.1) is 0 Å². The monoisotopic (exact) mass is 438 g/mol. The highest BCUT2D eigenvalue weighted by molar-refractivity contribution is 7.79. The zero-order chi connectivity index (χ0) is 16.6. The molecule has 1 N–H and O–H groups in total. The Morgan fingerprint density at radius 3 is 2.09 bits per heavy atom. The van der Waals surface area contributed by atoms with Crippen LogP contribution in [0.3, 0.4) is 0 Å². The Kier molecular flexibility index (Phi) is 7.59. The molecule has 0 heterocycles. The van der Waals surface area contributed by atoms with Crippen LogP contribution >= 0.6 is 0 Å². The van der Waals surface area contributed by atoms with Gasteiger partial charge in [0.05, 0.1) is 14.2 Å². The van der Waals surface area contributed by atoms with Crippen molar-refractivity contribution in [3.05, 3.63) is 55.7 Å². The van der Waals surface area contributed by atoms with Gasteiger partial charge in [0.1, 0.15) is 0 Å². The first kappa shape index (κ1) is 18.7. The average molecular weight is 438 g/mol. The summed E-state index contributed by atoms with van der Waals surface area (Å²) in [6.45, 7) is 0. The average Bonchev–Trinajstić information content (AvgIpc) is 2.46. The van der Waals surface area contributed by atoms with Crippen LogP contribution in [-0.4, -0.2) is 31.7 Å². The summed E-state index contributed by atoms with van der Waals surface area (Å²) in [5, 5.41) is 0. The third-order valence-corrected chi connectivity index (χ3v) is 5.07. The van der Waals surface area contributed by atoms with E-state index in [0.29, 0.717) is 0 Å². The highest BCUT2D eigenvalue weighted by atomic mass is 127. The molecule has 0 spiro atoms. The van der Waals surface area contributed by atoms with Crippen molar-refractivity contribution in [1.29, 1.82) is 0 Å². The van der Waals surface area contributed by atoms with Gasteiger partial charge in [0.15, 0.2) is 9.32 Å². The van der Waals surface area contributed by atoms with Crippen LogP contribution in [-0.2, 0) is 10.4 Å². The molecule has 0 atom stereocenters. The molecule has 0 fully saturated rings. The summed E-state index contributed by atoms with van der Waals surface area (Å²) in [6, 6.07) is 16.6. The van der Waals surface area contributed by atoms with E-state index < -0.39 is 10.4 Å². The van der Waals surface area contributed by atoms with Crippen molar-refractivity contribution in [1.82, 2.24) is 0 Å². The molecule has 0 saturated carbocycles. The van der Waals surface area contributed by atoms with Crippen molar-refractivity contribution in [3.8, 4) is 11.5 Å². The Hall–Kier alpha value is -1.36. The molecule has 0 saturated heterocycles. The Balaban J connectivity index is 0.000000422. The molecule has 0 aromatic heterocycles. The van der Waals surface area contributed by atoms with Crippen molar-refractivity contribution in [2.24, 2.45) is 0 Å². The molecule has 6 nitrogen and oxygen atoms in total. The predicted octanol–water partition coefficient (Wildman–Crippen LogP) is -1.16. The number of hydrogen-bond acceptors (Lipinski definition) is 5. The first-order valence-electron chi connectivity index (χ1n) is 5.94. The summed E-state index contributed by atoms with van der Waals surface area (Å²) in [5.41, 5.74) is 0. The quantitative estimate of drug-likeness (QED) is 0.368. The van der Waals surface area contributed by atoms with E-state index in [1.807, 2.05) is 18.2 Å². The third-order valence-electron chi connectivity index (χ3n) is 2.30. The van der Waals surface area contributed by atoms with Gasteiger partial charge in [-0.05, 0) is 24.3 Å². The van der Waals surface area contributed by atoms with Gasteiger partial charge in [0, 0.05) is 0 Å². The summed E-state index contributed by atoms with van der Waals surface area (Å²) < 4.78 is 46.2. The number of rotatable bonds is 4. The van der Waals surface area contributed by atoms with E-state index in [-0.39, 0.29) is 21.2 Å². The molecule has 22 heavy (non-hydrogen) atoms. The lowest BCUT2D eigenvalue weighted by molar-refractivity contribution is -0.598. The van der Waals surface area contributed by atoms with Crippen LogP contribution in [0, 0.1) is 7.14 Å². The number of hydrogen-bond donors (Lipinski definition) is 1. The Bertz CT molecular complexity index is 680. The molecule has 0 aliphatic rings. The smallest absolute Gasteiger partial charge is 0.362 e. The molecule has 0 aliphatic heterocycles. The summed E-state index contributed by atoms with van der Waals surface area (Å²) in [5.74, 6) is 1.67. The van der Waals surface area contributed by atoms with Gasteiger partial charge < -0.3 is 14.0 Å². The van der Waals surface area contributed by atoms with Gasteiger partial charge >= 0.3 is 21.2 Å². The maximum Gasteiger partial charge on any atom is 0.362 e. The SMILES string of the molecule is COc1cccc([I+]c2ccccc2)c1OC.O=S(=O)([O-])O. The predicted molar refractivity (Wildman–Crippen MR) is 75.7 cm³/mol. The van der Waals surface area contributed by atoms with E-state index in [1.54, 1.807) is 14.2 Å². The fraction of sp³-hybridized carbons (Fsp3) is 0.143. The first-order valence-corrected chi connectivity index (χ1v) is 9.46. The van der Waals surface area contributed by atoms with Crippen LogP contribution in [0.5, 0.6) is 11.5 Å². The molecule has 0 bridgehead atoms. The van der Waals surface area contributed by atoms with E-state index >= 15 is 0 Å². The molecule has 0 aliphatic carbocycles. The zero-order valence-corrected chi connectivity index (χ0v) is 14.9. The second-order valence-corrected chi connectivity index (χ2v) is 7.60. The van der Waals surface area contributed by atoms with Crippen molar-refractivity contribution in [2.75, 3.05) is 14.2 Å². The zero-order valence-electron chi connectivity index (χ0n) is 11.9. The molecule has 2 aromatic carbocycles. The summed E-state index contributed by atoms with van der Waals surface area (Å²) in [4.78, 5) is 0. The van der Waals surface area contributed by atoms with E-state index in [2.05, 4.69) is 30.3 Å². The van der Waals surface area contributed by atoms with E-state index in [4.69, 9.17) is 27.0 Å². The fourth-order valence-corrected chi connectivity index (χ4v) is 4.08. The van der Waals surface area contributed by atoms with Gasteiger partial charge in [-0.3, -0.25) is 4.55 Å². The second-order valence-electron chi connectivity index (χ2n) is 3.79. The maximum absolute atomic E-state index is 8.63. The Labute approximate surface area is 139 Å². The molecule has 8 heteroatoms. The molecule has 0 amide bonds. The van der Waals surface area contributed by atoms with Crippen LogP contribution < -0.4 is 30.7 Å². The van der Waals surface area contributed by atoms with Crippen LogP contribution in [0.2, 0.25) is 0 Å². The summed E-state index contributed by atoms with van der Waals surface area (Å²) in [6.07, 6.45) is 0. The molecular formula is C14H15IO6S. The molecule has 0 unspecified atom stereocenters. The van der Waals surface area contributed by atoms with E-state index in [9.17, 15) is 0 Å². The first-order chi connectivity index (χ1) is 10.3. The van der Waals surface area contributed by atoms with Gasteiger partial charge in [-0.2, -0.15) is 0 Å². The van der Waals surface area contributed by atoms with Gasteiger partial charge in [0.25, 0.3) is 0 Å². The lowest BCUT2D eigenvalue weighted by atomic mass is 10.3. The van der Waals surface area contributed by atoms with Crippen LogP contribution in [0.25, 0.3) is 0 Å².